The molecule has 0 bridgehead atoms. The van der Waals surface area contributed by atoms with Crippen molar-refractivity contribution in [2.45, 2.75) is 86.9 Å². The number of likely N-dealkylation sites (tertiary alicyclic amines) is 1. The minimum Gasteiger partial charge on any atom is -0.340 e. The van der Waals surface area contributed by atoms with Crippen molar-refractivity contribution in [3.63, 3.8) is 0 Å². The number of nitriles is 1. The Labute approximate surface area is 275 Å². The summed E-state index contributed by atoms with van der Waals surface area (Å²) in [5.74, 6) is -3.73. The molecule has 7 rings (SSSR count). The number of hydrogen-bond donors (Lipinski definition) is 3. The summed E-state index contributed by atoms with van der Waals surface area (Å²) in [4.78, 5) is 64.5. The number of halogens is 1. The first-order chi connectivity index (χ1) is 22.5. The number of carbonyl (C=O) groups is 3. The van der Waals surface area contributed by atoms with Crippen LogP contribution in [0.5, 0.6) is 0 Å². The van der Waals surface area contributed by atoms with Crippen molar-refractivity contribution in [1.82, 2.24) is 15.1 Å². The Morgan fingerprint density at radius 2 is 1.81 bits per heavy atom. The van der Waals surface area contributed by atoms with Gasteiger partial charge in [-0.25, -0.2) is 4.39 Å². The summed E-state index contributed by atoms with van der Waals surface area (Å²) >= 11 is 1.14. The van der Waals surface area contributed by atoms with Gasteiger partial charge in [-0.05, 0) is 73.2 Å². The molecule has 3 aromatic rings. The number of benzene rings is 2. The Kier molecular flexibility index (Phi) is 8.24. The fourth-order valence-electron chi connectivity index (χ4n) is 8.09. The summed E-state index contributed by atoms with van der Waals surface area (Å²) in [6, 6.07) is 16.4. The van der Waals surface area contributed by atoms with Gasteiger partial charge in [0.1, 0.15) is 12.1 Å². The lowest BCUT2D eigenvalue weighted by Gasteiger charge is -2.37. The van der Waals surface area contributed by atoms with E-state index in [1.54, 1.807) is 4.90 Å². The average molecular weight is 679 g/mol. The molecule has 47 heavy (non-hydrogen) atoms. The number of hydrogen-bond acceptors (Lipinski definition) is 6. The predicted octanol–water partition coefficient (Wildman–Crippen LogP) is 5.38. The fraction of sp³-hybridized carbons (Fsp3) is 0.471. The molecule has 6 atom stereocenters. The van der Waals surface area contributed by atoms with Gasteiger partial charge in [-0.1, -0.05) is 49.2 Å². The first-order valence-electron chi connectivity index (χ1n) is 16.1. The number of nitrogens with one attached hydrogen (secondary N) is 1. The van der Waals surface area contributed by atoms with Crippen molar-refractivity contribution in [2.24, 2.45) is 5.92 Å². The molecule has 4 aliphatic rings. The Morgan fingerprint density at radius 1 is 1.06 bits per heavy atom. The monoisotopic (exact) mass is 678 g/mol. The standard InChI is InChI=1S/C34H36FN4O6PS/c35-30(46(43,44)45)21-10-13-28-22(16-21)17-29(47-28)31(40)37-26-9-5-4-8-23-11-12-27(39(23)32(26)41)33(42)38-19-24(20-6-2-1-3-7-20)25(18-36)34(38)14-15-34/h1-3,6-7,10,13,16-17,23-27,30H,4-5,8-9,11-12,14-15,19H2,(H,37,40)(H2,43,44,45)/t23-,24+,25+,26-,27-,30-/m0/s1. The van der Waals surface area contributed by atoms with Crippen LogP contribution in [0.25, 0.3) is 10.1 Å². The van der Waals surface area contributed by atoms with Gasteiger partial charge in [0.2, 0.25) is 17.7 Å². The third-order valence-corrected chi connectivity index (χ3v) is 12.6. The van der Waals surface area contributed by atoms with E-state index in [9.17, 15) is 38.4 Å². The number of amides is 3. The first-order valence-corrected chi connectivity index (χ1v) is 18.6. The van der Waals surface area contributed by atoms with Crippen molar-refractivity contribution in [3.8, 4) is 6.07 Å². The third-order valence-electron chi connectivity index (χ3n) is 10.6. The van der Waals surface area contributed by atoms with Crippen LogP contribution >= 0.6 is 18.9 Å². The molecule has 3 aliphatic heterocycles. The van der Waals surface area contributed by atoms with Gasteiger partial charge >= 0.3 is 7.60 Å². The minimum atomic E-state index is -4.99. The summed E-state index contributed by atoms with van der Waals surface area (Å²) in [6.07, 6.45) is 5.60. The molecular weight excluding hydrogens is 642 g/mol. The van der Waals surface area contributed by atoms with Crippen LogP contribution in [-0.2, 0) is 14.2 Å². The normalized spacial score (nSPS) is 27.6. The molecule has 1 aliphatic carbocycles. The maximum absolute atomic E-state index is 14.4. The number of rotatable bonds is 6. The molecule has 0 unspecified atom stereocenters. The van der Waals surface area contributed by atoms with Gasteiger partial charge in [-0.2, -0.15) is 5.26 Å². The molecule has 13 heteroatoms. The molecule has 0 radical (unpaired) electrons. The third kappa shape index (κ3) is 5.67. The average Bonchev–Trinajstić information content (AvgIpc) is 3.40. The van der Waals surface area contributed by atoms with E-state index in [4.69, 9.17) is 0 Å². The van der Waals surface area contributed by atoms with E-state index in [0.29, 0.717) is 35.9 Å². The summed E-state index contributed by atoms with van der Waals surface area (Å²) in [7, 11) is -4.99. The van der Waals surface area contributed by atoms with E-state index in [-0.39, 0.29) is 40.1 Å². The Hall–Kier alpha value is -3.62. The second kappa shape index (κ2) is 12.1. The van der Waals surface area contributed by atoms with E-state index >= 15 is 0 Å². The van der Waals surface area contributed by atoms with E-state index in [0.717, 1.165) is 49.0 Å². The lowest BCUT2D eigenvalue weighted by molar-refractivity contribution is -0.148. The highest BCUT2D eigenvalue weighted by Crippen LogP contribution is 2.58. The first kappa shape index (κ1) is 32.0. The summed E-state index contributed by atoms with van der Waals surface area (Å²) < 4.78 is 26.4. The smallest absolute Gasteiger partial charge is 0.340 e. The molecule has 4 fully saturated rings. The number of alkyl halides is 1. The largest absolute Gasteiger partial charge is 0.363 e. The molecule has 3 N–H and O–H groups in total. The van der Waals surface area contributed by atoms with Gasteiger partial charge in [0.15, 0.2) is 0 Å². The zero-order valence-corrected chi connectivity index (χ0v) is 27.3. The summed E-state index contributed by atoms with van der Waals surface area (Å²) in [5, 5.41) is 13.6. The fourth-order valence-corrected chi connectivity index (χ4v) is 9.58. The second-order valence-electron chi connectivity index (χ2n) is 13.3. The molecule has 1 spiro atoms. The topological polar surface area (TPSA) is 151 Å². The molecular formula is C34H36FN4O6PS. The molecule has 1 aromatic heterocycles. The van der Waals surface area contributed by atoms with Crippen LogP contribution in [0.2, 0.25) is 0 Å². The zero-order chi connectivity index (χ0) is 33.1. The highest BCUT2D eigenvalue weighted by molar-refractivity contribution is 7.51. The predicted molar refractivity (Wildman–Crippen MR) is 173 cm³/mol. The van der Waals surface area contributed by atoms with Crippen LogP contribution < -0.4 is 5.32 Å². The minimum absolute atomic E-state index is 0.0927. The van der Waals surface area contributed by atoms with Crippen molar-refractivity contribution < 1.29 is 33.1 Å². The molecule has 3 amide bonds. The van der Waals surface area contributed by atoms with Gasteiger partial charge < -0.3 is 24.9 Å². The summed E-state index contributed by atoms with van der Waals surface area (Å²) in [6.45, 7) is 0.440. The van der Waals surface area contributed by atoms with Crippen LogP contribution in [0, 0.1) is 17.2 Å². The van der Waals surface area contributed by atoms with Crippen molar-refractivity contribution in [2.75, 3.05) is 6.54 Å². The van der Waals surface area contributed by atoms with Gasteiger partial charge in [0.05, 0.1) is 22.4 Å². The molecule has 2 aromatic carbocycles. The van der Waals surface area contributed by atoms with E-state index in [1.165, 1.54) is 24.3 Å². The number of fused-ring (bicyclic) bond motifs is 2. The maximum Gasteiger partial charge on any atom is 0.363 e. The van der Waals surface area contributed by atoms with Crippen molar-refractivity contribution >= 4 is 46.7 Å². The Balaban J connectivity index is 1.11. The van der Waals surface area contributed by atoms with Crippen LogP contribution in [0.1, 0.15) is 84.0 Å². The van der Waals surface area contributed by atoms with E-state index in [2.05, 4.69) is 11.4 Å². The lowest BCUT2D eigenvalue weighted by Crippen LogP contribution is -2.57. The molecule has 4 heterocycles. The van der Waals surface area contributed by atoms with Crippen LogP contribution in [-0.4, -0.2) is 67.5 Å². The maximum atomic E-state index is 14.4. The zero-order valence-electron chi connectivity index (χ0n) is 25.6. The molecule has 10 nitrogen and oxygen atoms in total. The van der Waals surface area contributed by atoms with Crippen LogP contribution in [0.4, 0.5) is 4.39 Å². The molecule has 1 saturated carbocycles. The Bertz CT molecular complexity index is 1820. The van der Waals surface area contributed by atoms with E-state index in [1.807, 2.05) is 35.2 Å². The molecule has 246 valence electrons. The Morgan fingerprint density at radius 3 is 2.51 bits per heavy atom. The SMILES string of the molecule is N#C[C@@H]1[C@@H](c2ccccc2)CN(C(=O)[C@@H]2CC[C@@H]3CCCC[C@H](NC(=O)c4cc5cc([C@@H](F)P(=O)(O)O)ccc5s4)C(=O)N32)C12CC2. The molecule has 3 saturated heterocycles. The summed E-state index contributed by atoms with van der Waals surface area (Å²) in [5.41, 5.74) is 0.362. The number of carbonyl (C=O) groups excluding carboxylic acids is 3. The van der Waals surface area contributed by atoms with Gasteiger partial charge in [-0.15, -0.1) is 11.3 Å². The highest BCUT2D eigenvalue weighted by Gasteiger charge is 2.64. The number of nitrogens with zero attached hydrogens (tertiary/aromatic N) is 3. The van der Waals surface area contributed by atoms with Gasteiger partial charge in [-0.3, -0.25) is 18.9 Å². The van der Waals surface area contributed by atoms with Gasteiger partial charge in [0, 0.05) is 23.2 Å². The van der Waals surface area contributed by atoms with Gasteiger partial charge in [0.25, 0.3) is 5.91 Å². The second-order valence-corrected chi connectivity index (χ2v) is 16.0. The highest BCUT2D eigenvalue weighted by atomic mass is 32.1. The van der Waals surface area contributed by atoms with Crippen molar-refractivity contribution in [3.05, 3.63) is 70.6 Å². The van der Waals surface area contributed by atoms with Crippen molar-refractivity contribution in [1.29, 1.82) is 5.26 Å². The number of thiophene rings is 1. The van der Waals surface area contributed by atoms with Crippen LogP contribution in [0.15, 0.2) is 54.6 Å². The van der Waals surface area contributed by atoms with Crippen LogP contribution in [0.3, 0.4) is 0 Å². The quantitative estimate of drug-likeness (QED) is 0.296. The van der Waals surface area contributed by atoms with E-state index < -0.39 is 37.0 Å². The lowest BCUT2D eigenvalue weighted by atomic mass is 9.85.